The Morgan fingerprint density at radius 3 is 2.48 bits per heavy atom. The number of hydrogen-bond donors (Lipinski definition) is 1. The van der Waals surface area contributed by atoms with Crippen LogP contribution in [0, 0.1) is 0 Å². The molecule has 0 bridgehead atoms. The highest BCUT2D eigenvalue weighted by molar-refractivity contribution is 7.93. The number of carbonyl (C=O) groups excluding carboxylic acids is 1. The molecule has 2 unspecified atom stereocenters. The summed E-state index contributed by atoms with van der Waals surface area (Å²) >= 11 is 0. The lowest BCUT2D eigenvalue weighted by Gasteiger charge is -2.32. The summed E-state index contributed by atoms with van der Waals surface area (Å²) in [5.74, 6) is -0.582. The number of amides is 1. The summed E-state index contributed by atoms with van der Waals surface area (Å²) in [6, 6.07) is 1.87. The highest BCUT2D eigenvalue weighted by atomic mass is 32.2. The van der Waals surface area contributed by atoms with Gasteiger partial charge < -0.3 is 15.0 Å². The molecule has 0 spiro atoms. The van der Waals surface area contributed by atoms with E-state index >= 15 is 0 Å². The number of ether oxygens (including phenoxy) is 1. The standard InChI is InChI=1S/C17H28N2O5S/c1-16(2,3)14-9-12(19-24-14)11-7-6-8-23-13(11)10-25(21,22)17(4,5)15(18)20/h9,11,13H,6-8,10H2,1-5H3,(H2,18,20). The molecule has 1 aliphatic heterocycles. The number of rotatable bonds is 5. The van der Waals surface area contributed by atoms with Crippen LogP contribution in [0.1, 0.15) is 64.8 Å². The maximum absolute atomic E-state index is 12.7. The molecule has 2 atom stereocenters. The second-order valence-corrected chi connectivity index (χ2v) is 10.8. The van der Waals surface area contributed by atoms with Crippen LogP contribution in [0.3, 0.4) is 0 Å². The molecule has 1 aliphatic rings. The number of nitrogens with zero attached hydrogens (tertiary/aromatic N) is 1. The summed E-state index contributed by atoms with van der Waals surface area (Å²) in [6.45, 7) is 9.20. The molecule has 1 saturated heterocycles. The first kappa shape index (κ1) is 19.9. The van der Waals surface area contributed by atoms with Crippen LogP contribution in [-0.4, -0.2) is 42.7 Å². The molecule has 0 saturated carbocycles. The van der Waals surface area contributed by atoms with E-state index in [0.29, 0.717) is 12.3 Å². The lowest BCUT2D eigenvalue weighted by atomic mass is 9.89. The van der Waals surface area contributed by atoms with Crippen LogP contribution >= 0.6 is 0 Å². The summed E-state index contributed by atoms with van der Waals surface area (Å²) < 4.78 is 34.9. The quantitative estimate of drug-likeness (QED) is 0.845. The zero-order valence-electron chi connectivity index (χ0n) is 15.5. The molecule has 0 aromatic carbocycles. The van der Waals surface area contributed by atoms with E-state index in [1.165, 1.54) is 13.8 Å². The van der Waals surface area contributed by atoms with E-state index in [1.54, 1.807) is 0 Å². The monoisotopic (exact) mass is 372 g/mol. The minimum Gasteiger partial charge on any atom is -0.376 e. The Hall–Kier alpha value is -1.41. The molecule has 25 heavy (non-hydrogen) atoms. The molecule has 0 aliphatic carbocycles. The Kier molecular flexibility index (Phi) is 5.35. The van der Waals surface area contributed by atoms with Gasteiger partial charge in [-0.05, 0) is 26.7 Å². The summed E-state index contributed by atoms with van der Waals surface area (Å²) in [6.07, 6.45) is 1.00. The summed E-state index contributed by atoms with van der Waals surface area (Å²) in [4.78, 5) is 11.5. The molecular weight excluding hydrogens is 344 g/mol. The highest BCUT2D eigenvalue weighted by Crippen LogP contribution is 2.35. The predicted octanol–water partition coefficient (Wildman–Crippen LogP) is 1.91. The molecule has 2 N–H and O–H groups in total. The number of carbonyl (C=O) groups is 1. The molecule has 2 heterocycles. The average molecular weight is 372 g/mol. The minimum atomic E-state index is -3.78. The largest absolute Gasteiger partial charge is 0.376 e. The molecule has 2 rings (SSSR count). The second-order valence-electron chi connectivity index (χ2n) is 8.18. The normalized spacial score (nSPS) is 22.8. The molecule has 1 fully saturated rings. The van der Waals surface area contributed by atoms with Gasteiger partial charge in [0.05, 0.1) is 17.6 Å². The Labute approximate surface area is 149 Å². The third kappa shape index (κ3) is 4.06. The van der Waals surface area contributed by atoms with E-state index in [2.05, 4.69) is 5.16 Å². The second kappa shape index (κ2) is 6.72. The van der Waals surface area contributed by atoms with Crippen LogP contribution in [0.4, 0.5) is 0 Å². The van der Waals surface area contributed by atoms with Gasteiger partial charge in [-0.1, -0.05) is 25.9 Å². The van der Waals surface area contributed by atoms with E-state index in [0.717, 1.165) is 18.6 Å². The topological polar surface area (TPSA) is 112 Å². The summed E-state index contributed by atoms with van der Waals surface area (Å²) in [7, 11) is -3.78. The fraction of sp³-hybridized carbons (Fsp3) is 0.765. The van der Waals surface area contributed by atoms with Crippen molar-refractivity contribution in [2.75, 3.05) is 12.4 Å². The van der Waals surface area contributed by atoms with Crippen molar-refractivity contribution in [3.8, 4) is 0 Å². The molecule has 0 radical (unpaired) electrons. The van der Waals surface area contributed by atoms with E-state index in [1.807, 2.05) is 26.8 Å². The summed E-state index contributed by atoms with van der Waals surface area (Å²) in [5.41, 5.74) is 5.78. The molecule has 1 aromatic heterocycles. The smallest absolute Gasteiger partial charge is 0.238 e. The maximum atomic E-state index is 12.7. The first-order valence-corrected chi connectivity index (χ1v) is 10.1. The molecule has 1 amide bonds. The van der Waals surface area contributed by atoms with Crippen LogP contribution in [0.2, 0.25) is 0 Å². The Morgan fingerprint density at radius 1 is 1.32 bits per heavy atom. The van der Waals surface area contributed by atoms with E-state index in [-0.39, 0.29) is 17.1 Å². The van der Waals surface area contributed by atoms with Gasteiger partial charge in [0.15, 0.2) is 9.84 Å². The van der Waals surface area contributed by atoms with Gasteiger partial charge in [-0.15, -0.1) is 0 Å². The predicted molar refractivity (Wildman–Crippen MR) is 94.0 cm³/mol. The van der Waals surface area contributed by atoms with Crippen LogP contribution in [0.15, 0.2) is 10.6 Å². The number of hydrogen-bond acceptors (Lipinski definition) is 6. The van der Waals surface area contributed by atoms with Gasteiger partial charge >= 0.3 is 0 Å². The van der Waals surface area contributed by atoms with Gasteiger partial charge in [0.1, 0.15) is 10.5 Å². The zero-order chi connectivity index (χ0) is 19.0. The van der Waals surface area contributed by atoms with Crippen LogP contribution < -0.4 is 5.73 Å². The minimum absolute atomic E-state index is 0.184. The van der Waals surface area contributed by atoms with Crippen molar-refractivity contribution in [3.63, 3.8) is 0 Å². The van der Waals surface area contributed by atoms with Crippen molar-refractivity contribution in [2.45, 2.75) is 69.6 Å². The fourth-order valence-electron chi connectivity index (χ4n) is 2.74. The Bertz CT molecular complexity index is 730. The van der Waals surface area contributed by atoms with Gasteiger partial charge in [-0.3, -0.25) is 4.79 Å². The van der Waals surface area contributed by atoms with Gasteiger partial charge in [-0.25, -0.2) is 8.42 Å². The molecule has 8 heteroatoms. The van der Waals surface area contributed by atoms with Gasteiger partial charge in [0, 0.05) is 24.0 Å². The number of nitrogens with two attached hydrogens (primary N) is 1. The maximum Gasteiger partial charge on any atom is 0.238 e. The molecule has 142 valence electrons. The first-order valence-electron chi connectivity index (χ1n) is 8.47. The van der Waals surface area contributed by atoms with Crippen molar-refractivity contribution < 1.29 is 22.5 Å². The zero-order valence-corrected chi connectivity index (χ0v) is 16.4. The number of sulfone groups is 1. The van der Waals surface area contributed by atoms with E-state index in [4.69, 9.17) is 15.0 Å². The van der Waals surface area contributed by atoms with Gasteiger partial charge in [0.25, 0.3) is 0 Å². The molecule has 7 nitrogen and oxygen atoms in total. The van der Waals surface area contributed by atoms with Gasteiger partial charge in [-0.2, -0.15) is 0 Å². The van der Waals surface area contributed by atoms with Crippen LogP contribution in [0.5, 0.6) is 0 Å². The van der Waals surface area contributed by atoms with Crippen LogP contribution in [0.25, 0.3) is 0 Å². The van der Waals surface area contributed by atoms with Crippen LogP contribution in [-0.2, 0) is 24.8 Å². The van der Waals surface area contributed by atoms with Crippen molar-refractivity contribution in [3.05, 3.63) is 17.5 Å². The van der Waals surface area contributed by atoms with Crippen molar-refractivity contribution in [2.24, 2.45) is 5.73 Å². The third-order valence-electron chi connectivity index (χ3n) is 4.84. The van der Waals surface area contributed by atoms with Crippen molar-refractivity contribution >= 4 is 15.7 Å². The highest BCUT2D eigenvalue weighted by Gasteiger charge is 2.44. The van der Waals surface area contributed by atoms with Crippen molar-refractivity contribution in [1.82, 2.24) is 5.16 Å². The Morgan fingerprint density at radius 2 is 1.96 bits per heavy atom. The molecular formula is C17H28N2O5S. The van der Waals surface area contributed by atoms with E-state index in [9.17, 15) is 13.2 Å². The SMILES string of the molecule is CC(C)(C)c1cc(C2CCCOC2CS(=O)(=O)C(C)(C)C(N)=O)no1. The lowest BCUT2D eigenvalue weighted by Crippen LogP contribution is -2.49. The fourth-order valence-corrected chi connectivity index (χ4v) is 4.22. The molecule has 1 aromatic rings. The Balaban J connectivity index is 2.27. The first-order chi connectivity index (χ1) is 11.4. The number of aromatic nitrogens is 1. The van der Waals surface area contributed by atoms with Crippen molar-refractivity contribution in [1.29, 1.82) is 0 Å². The lowest BCUT2D eigenvalue weighted by molar-refractivity contribution is -0.119. The average Bonchev–Trinajstić information content (AvgIpc) is 2.96. The number of primary amides is 1. The third-order valence-corrected chi connectivity index (χ3v) is 7.37. The van der Waals surface area contributed by atoms with E-state index < -0.39 is 26.6 Å². The van der Waals surface area contributed by atoms with Gasteiger partial charge in [0.2, 0.25) is 5.91 Å². The summed E-state index contributed by atoms with van der Waals surface area (Å²) in [5, 5.41) is 4.14.